The number of amides is 1. The first kappa shape index (κ1) is 18.8. The number of ketones is 1. The van der Waals surface area contributed by atoms with E-state index in [1.165, 1.54) is 11.3 Å². The smallest absolute Gasteiger partial charge is 0.220 e. The summed E-state index contributed by atoms with van der Waals surface area (Å²) in [6, 6.07) is 13.4. The van der Waals surface area contributed by atoms with E-state index in [0.717, 1.165) is 26.1 Å². The molecule has 2 aromatic rings. The van der Waals surface area contributed by atoms with Crippen LogP contribution in [0.25, 0.3) is 0 Å². The van der Waals surface area contributed by atoms with Crippen LogP contribution in [0.1, 0.15) is 40.9 Å². The van der Waals surface area contributed by atoms with Gasteiger partial charge in [-0.2, -0.15) is 0 Å². The van der Waals surface area contributed by atoms with Crippen molar-refractivity contribution in [2.75, 3.05) is 19.6 Å². The van der Waals surface area contributed by atoms with E-state index in [-0.39, 0.29) is 24.5 Å². The van der Waals surface area contributed by atoms with Gasteiger partial charge in [-0.15, -0.1) is 11.3 Å². The maximum Gasteiger partial charge on any atom is 0.220 e. The van der Waals surface area contributed by atoms with Gasteiger partial charge in [0.1, 0.15) is 0 Å². The molecule has 1 N–H and O–H groups in total. The maximum atomic E-state index is 12.1. The zero-order valence-corrected chi connectivity index (χ0v) is 15.8. The summed E-state index contributed by atoms with van der Waals surface area (Å²) in [5.74, 6) is 0.502. The molecule has 26 heavy (non-hydrogen) atoms. The number of nitrogens with one attached hydrogen (secondary N) is 1. The van der Waals surface area contributed by atoms with Crippen LogP contribution in [0.5, 0.6) is 0 Å². The highest BCUT2D eigenvalue weighted by Crippen LogP contribution is 2.20. The van der Waals surface area contributed by atoms with Crippen molar-refractivity contribution in [1.82, 2.24) is 10.2 Å². The summed E-state index contributed by atoms with van der Waals surface area (Å²) in [6.07, 6.45) is 2.87. The van der Waals surface area contributed by atoms with Crippen LogP contribution in [0.3, 0.4) is 0 Å². The van der Waals surface area contributed by atoms with E-state index in [1.54, 1.807) is 23.5 Å². The number of Topliss-reactive ketones (excluding diaryl/α,β-unsaturated/α-hetero) is 1. The number of hydrogen-bond acceptors (Lipinski definition) is 4. The molecule has 1 saturated heterocycles. The highest BCUT2D eigenvalue weighted by molar-refractivity contribution is 7.09. The first-order chi connectivity index (χ1) is 12.7. The molecule has 1 aromatic heterocycles. The van der Waals surface area contributed by atoms with Gasteiger partial charge in [0.15, 0.2) is 5.78 Å². The molecule has 0 radical (unpaired) electrons. The number of rotatable bonds is 8. The van der Waals surface area contributed by atoms with Gasteiger partial charge in [-0.1, -0.05) is 36.4 Å². The number of likely N-dealkylation sites (tertiary alicyclic amines) is 1. The molecule has 0 saturated carbocycles. The SMILES string of the molecule is O=C(CCC(=O)c1ccccc1)NC[C@H]1CCCN(Cc2cccs2)C1. The molecule has 0 unspecified atom stereocenters. The second-order valence-electron chi connectivity index (χ2n) is 6.92. The lowest BCUT2D eigenvalue weighted by molar-refractivity contribution is -0.121. The van der Waals surface area contributed by atoms with Gasteiger partial charge in [-0.3, -0.25) is 14.5 Å². The van der Waals surface area contributed by atoms with Gasteiger partial charge in [0.25, 0.3) is 0 Å². The molecule has 1 fully saturated rings. The van der Waals surface area contributed by atoms with E-state index in [4.69, 9.17) is 0 Å². The fourth-order valence-corrected chi connectivity index (χ4v) is 4.17. The van der Waals surface area contributed by atoms with Crippen molar-refractivity contribution in [3.05, 3.63) is 58.3 Å². The zero-order chi connectivity index (χ0) is 18.2. The largest absolute Gasteiger partial charge is 0.356 e. The third kappa shape index (κ3) is 5.78. The molecule has 1 atom stereocenters. The summed E-state index contributed by atoms with van der Waals surface area (Å²) in [6.45, 7) is 3.88. The minimum atomic E-state index is -0.0235. The average Bonchev–Trinajstić information content (AvgIpc) is 3.18. The van der Waals surface area contributed by atoms with E-state index in [9.17, 15) is 9.59 Å². The molecule has 0 spiro atoms. The molecular weight excluding hydrogens is 344 g/mol. The summed E-state index contributed by atoms with van der Waals surface area (Å²) in [7, 11) is 0. The second kappa shape index (κ2) is 9.64. The van der Waals surface area contributed by atoms with Crippen molar-refractivity contribution in [2.45, 2.75) is 32.2 Å². The monoisotopic (exact) mass is 370 g/mol. The Morgan fingerprint density at radius 2 is 1.96 bits per heavy atom. The van der Waals surface area contributed by atoms with Gasteiger partial charge in [0.2, 0.25) is 5.91 Å². The van der Waals surface area contributed by atoms with E-state index in [2.05, 4.69) is 27.7 Å². The summed E-state index contributed by atoms with van der Waals surface area (Å²) >= 11 is 1.80. The highest BCUT2D eigenvalue weighted by atomic mass is 32.1. The Kier molecular flexibility index (Phi) is 6.97. The van der Waals surface area contributed by atoms with Gasteiger partial charge in [0, 0.05) is 42.9 Å². The topological polar surface area (TPSA) is 49.4 Å². The summed E-state index contributed by atoms with van der Waals surface area (Å²) in [5.41, 5.74) is 0.678. The molecule has 138 valence electrons. The van der Waals surface area contributed by atoms with E-state index in [1.807, 2.05) is 18.2 Å². The van der Waals surface area contributed by atoms with Crippen LogP contribution in [0, 0.1) is 5.92 Å². The lowest BCUT2D eigenvalue weighted by atomic mass is 9.98. The van der Waals surface area contributed by atoms with Crippen molar-refractivity contribution in [2.24, 2.45) is 5.92 Å². The Morgan fingerprint density at radius 1 is 1.12 bits per heavy atom. The molecule has 2 heterocycles. The Bertz CT molecular complexity index is 700. The first-order valence-corrected chi connectivity index (χ1v) is 10.2. The van der Waals surface area contributed by atoms with Gasteiger partial charge in [-0.25, -0.2) is 0 Å². The third-order valence-electron chi connectivity index (χ3n) is 4.83. The van der Waals surface area contributed by atoms with Crippen LogP contribution in [0.15, 0.2) is 47.8 Å². The molecule has 3 rings (SSSR count). The quantitative estimate of drug-likeness (QED) is 0.720. The van der Waals surface area contributed by atoms with Crippen LogP contribution in [0.4, 0.5) is 0 Å². The number of thiophene rings is 1. The number of piperidine rings is 1. The molecule has 1 amide bonds. The molecule has 0 bridgehead atoms. The van der Waals surface area contributed by atoms with Crippen LogP contribution in [0.2, 0.25) is 0 Å². The molecule has 4 nitrogen and oxygen atoms in total. The Balaban J connectivity index is 1.36. The fourth-order valence-electron chi connectivity index (χ4n) is 3.43. The second-order valence-corrected chi connectivity index (χ2v) is 7.95. The molecule has 0 aliphatic carbocycles. The van der Waals surface area contributed by atoms with E-state index in [0.29, 0.717) is 18.0 Å². The van der Waals surface area contributed by atoms with Crippen molar-refractivity contribution >= 4 is 23.0 Å². The molecule has 5 heteroatoms. The molecule has 1 aromatic carbocycles. The zero-order valence-electron chi connectivity index (χ0n) is 15.0. The normalized spacial score (nSPS) is 17.8. The van der Waals surface area contributed by atoms with Crippen molar-refractivity contribution in [1.29, 1.82) is 0 Å². The predicted octanol–water partition coefficient (Wildman–Crippen LogP) is 3.74. The van der Waals surface area contributed by atoms with Crippen LogP contribution < -0.4 is 5.32 Å². The van der Waals surface area contributed by atoms with Crippen molar-refractivity contribution in [3.63, 3.8) is 0 Å². The predicted molar refractivity (Wildman–Crippen MR) is 105 cm³/mol. The van der Waals surface area contributed by atoms with Crippen LogP contribution in [-0.2, 0) is 11.3 Å². The van der Waals surface area contributed by atoms with Crippen LogP contribution in [-0.4, -0.2) is 36.2 Å². The fraction of sp³-hybridized carbons (Fsp3) is 0.429. The number of hydrogen-bond donors (Lipinski definition) is 1. The Labute approximate surface area is 159 Å². The minimum Gasteiger partial charge on any atom is -0.356 e. The first-order valence-electron chi connectivity index (χ1n) is 9.30. The van der Waals surface area contributed by atoms with Crippen LogP contribution >= 0.6 is 11.3 Å². The Morgan fingerprint density at radius 3 is 2.73 bits per heavy atom. The number of carbonyl (C=O) groups excluding carboxylic acids is 2. The Hall–Kier alpha value is -1.98. The number of nitrogens with zero attached hydrogens (tertiary/aromatic N) is 1. The molecule has 1 aliphatic heterocycles. The van der Waals surface area contributed by atoms with Crippen molar-refractivity contribution < 1.29 is 9.59 Å². The molecular formula is C21H26N2O2S. The number of benzene rings is 1. The lowest BCUT2D eigenvalue weighted by Crippen LogP contribution is -2.40. The van der Waals surface area contributed by atoms with E-state index < -0.39 is 0 Å². The maximum absolute atomic E-state index is 12.1. The summed E-state index contributed by atoms with van der Waals surface area (Å²) in [4.78, 5) is 28.0. The highest BCUT2D eigenvalue weighted by Gasteiger charge is 2.20. The minimum absolute atomic E-state index is 0.0235. The molecule has 1 aliphatic rings. The average molecular weight is 371 g/mol. The van der Waals surface area contributed by atoms with E-state index >= 15 is 0 Å². The van der Waals surface area contributed by atoms with Crippen molar-refractivity contribution in [3.8, 4) is 0 Å². The van der Waals surface area contributed by atoms with Gasteiger partial charge in [0.05, 0.1) is 0 Å². The lowest BCUT2D eigenvalue weighted by Gasteiger charge is -2.32. The van der Waals surface area contributed by atoms with Gasteiger partial charge in [-0.05, 0) is 36.8 Å². The number of carbonyl (C=O) groups is 2. The van der Waals surface area contributed by atoms with Gasteiger partial charge >= 0.3 is 0 Å². The third-order valence-corrected chi connectivity index (χ3v) is 5.69. The summed E-state index contributed by atoms with van der Waals surface area (Å²) in [5, 5.41) is 5.14. The summed E-state index contributed by atoms with van der Waals surface area (Å²) < 4.78 is 0. The van der Waals surface area contributed by atoms with Gasteiger partial charge < -0.3 is 5.32 Å². The standard InChI is InChI=1S/C21H26N2O2S/c24-20(18-7-2-1-3-8-18)10-11-21(25)22-14-17-6-4-12-23(15-17)16-19-9-5-13-26-19/h1-3,5,7-9,13,17H,4,6,10-12,14-16H2,(H,22,25)/t17-/m1/s1.